The molecule has 0 atom stereocenters. The van der Waals surface area contributed by atoms with Crippen LogP contribution in [0.2, 0.25) is 0 Å². The Hall–Kier alpha value is -0.260. The summed E-state index contributed by atoms with van der Waals surface area (Å²) in [4.78, 5) is 0. The molecule has 2 saturated carbocycles. The zero-order valence-electron chi connectivity index (χ0n) is 14.9. The van der Waals surface area contributed by atoms with E-state index in [1.807, 2.05) is 0 Å². The first kappa shape index (κ1) is 17.1. The van der Waals surface area contributed by atoms with Gasteiger partial charge in [0.1, 0.15) is 0 Å². The van der Waals surface area contributed by atoms with Gasteiger partial charge < -0.3 is 0 Å². The lowest BCUT2D eigenvalue weighted by Crippen LogP contribution is -2.14. The molecule has 0 saturated heterocycles. The number of allylic oxidation sites excluding steroid dienone is 2. The summed E-state index contributed by atoms with van der Waals surface area (Å²) >= 11 is 0. The van der Waals surface area contributed by atoms with E-state index in [1.54, 1.807) is 5.57 Å². The lowest BCUT2D eigenvalue weighted by Gasteiger charge is -2.28. The molecule has 0 aromatic carbocycles. The lowest BCUT2D eigenvalue weighted by atomic mass is 9.78. The smallest absolute Gasteiger partial charge is 0.0231 e. The third-order valence-electron chi connectivity index (χ3n) is 6.19. The van der Waals surface area contributed by atoms with Crippen LogP contribution in [0.1, 0.15) is 97.8 Å². The SMILES string of the molecule is CCCC1CCC(/C=C(\C)CCC2CCC(C)CC2)CC1. The fraction of sp³-hybridized carbons (Fsp3) is 0.905. The van der Waals surface area contributed by atoms with Gasteiger partial charge in [-0.05, 0) is 69.1 Å². The zero-order chi connectivity index (χ0) is 15.1. The van der Waals surface area contributed by atoms with Crippen LogP contribution in [-0.2, 0) is 0 Å². The molecule has 2 aliphatic rings. The second-order valence-electron chi connectivity index (χ2n) is 8.25. The minimum absolute atomic E-state index is 0.907. The Kier molecular flexibility index (Phi) is 7.34. The maximum Gasteiger partial charge on any atom is -0.0231 e. The van der Waals surface area contributed by atoms with Crippen LogP contribution >= 0.6 is 0 Å². The third kappa shape index (κ3) is 6.17. The molecule has 2 fully saturated rings. The van der Waals surface area contributed by atoms with Gasteiger partial charge in [-0.3, -0.25) is 0 Å². The maximum absolute atomic E-state index is 2.65. The normalized spacial score (nSPS) is 34.9. The fourth-order valence-corrected chi connectivity index (χ4v) is 4.59. The zero-order valence-corrected chi connectivity index (χ0v) is 14.9. The topological polar surface area (TPSA) is 0 Å². The number of rotatable bonds is 6. The molecule has 0 unspecified atom stereocenters. The Morgan fingerprint density at radius 2 is 1.43 bits per heavy atom. The van der Waals surface area contributed by atoms with Gasteiger partial charge in [0.2, 0.25) is 0 Å². The third-order valence-corrected chi connectivity index (χ3v) is 6.19. The first-order chi connectivity index (χ1) is 10.2. The van der Waals surface area contributed by atoms with Crippen molar-refractivity contribution in [2.45, 2.75) is 97.8 Å². The van der Waals surface area contributed by atoms with Crippen molar-refractivity contribution < 1.29 is 0 Å². The van der Waals surface area contributed by atoms with Crippen LogP contribution < -0.4 is 0 Å². The molecule has 0 spiro atoms. The first-order valence-electron chi connectivity index (χ1n) is 9.84. The monoisotopic (exact) mass is 290 g/mol. The van der Waals surface area contributed by atoms with Crippen molar-refractivity contribution in [3.8, 4) is 0 Å². The molecule has 0 radical (unpaired) electrons. The minimum atomic E-state index is 0.907. The Bertz CT molecular complexity index is 298. The highest BCUT2D eigenvalue weighted by Crippen LogP contribution is 2.34. The van der Waals surface area contributed by atoms with Crippen molar-refractivity contribution in [2.75, 3.05) is 0 Å². The van der Waals surface area contributed by atoms with Gasteiger partial charge in [0.25, 0.3) is 0 Å². The predicted octanol–water partition coefficient (Wildman–Crippen LogP) is 7.15. The van der Waals surface area contributed by atoms with E-state index in [-0.39, 0.29) is 0 Å². The fourth-order valence-electron chi connectivity index (χ4n) is 4.59. The van der Waals surface area contributed by atoms with Crippen molar-refractivity contribution in [2.24, 2.45) is 23.7 Å². The second kappa shape index (κ2) is 9.01. The summed E-state index contributed by atoms with van der Waals surface area (Å²) < 4.78 is 0. The van der Waals surface area contributed by atoms with Crippen molar-refractivity contribution in [3.05, 3.63) is 11.6 Å². The Morgan fingerprint density at radius 1 is 0.857 bits per heavy atom. The molecule has 0 bridgehead atoms. The van der Waals surface area contributed by atoms with Crippen LogP contribution in [-0.4, -0.2) is 0 Å². The Morgan fingerprint density at radius 3 is 2.05 bits per heavy atom. The van der Waals surface area contributed by atoms with Gasteiger partial charge in [-0.15, -0.1) is 0 Å². The second-order valence-corrected chi connectivity index (χ2v) is 8.25. The number of hydrogen-bond donors (Lipinski definition) is 0. The molecule has 0 amide bonds. The minimum Gasteiger partial charge on any atom is -0.0825 e. The molecule has 122 valence electrons. The quantitative estimate of drug-likeness (QED) is 0.456. The summed E-state index contributed by atoms with van der Waals surface area (Å²) in [6.07, 6.45) is 20.2. The molecule has 2 rings (SSSR count). The molecule has 0 aliphatic heterocycles. The molecule has 0 heterocycles. The molecule has 2 aliphatic carbocycles. The van der Waals surface area contributed by atoms with Gasteiger partial charge in [-0.25, -0.2) is 0 Å². The van der Waals surface area contributed by atoms with Crippen molar-refractivity contribution in [1.29, 1.82) is 0 Å². The van der Waals surface area contributed by atoms with E-state index in [1.165, 1.54) is 77.0 Å². The standard InChI is InChI=1S/C21H38/c1-4-5-19-12-14-21(15-13-19)16-18(3)8-11-20-9-6-17(2)7-10-20/h16-17,19-21H,4-15H2,1-3H3/b18-16+. The molecule has 0 heteroatoms. The summed E-state index contributed by atoms with van der Waals surface area (Å²) in [5.74, 6) is 3.98. The van der Waals surface area contributed by atoms with Gasteiger partial charge in [-0.2, -0.15) is 0 Å². The van der Waals surface area contributed by atoms with E-state index < -0.39 is 0 Å². The molecular weight excluding hydrogens is 252 g/mol. The van der Waals surface area contributed by atoms with Crippen molar-refractivity contribution in [1.82, 2.24) is 0 Å². The Balaban J connectivity index is 1.65. The highest BCUT2D eigenvalue weighted by atomic mass is 14.3. The average Bonchev–Trinajstić information content (AvgIpc) is 2.49. The average molecular weight is 291 g/mol. The van der Waals surface area contributed by atoms with E-state index in [4.69, 9.17) is 0 Å². The van der Waals surface area contributed by atoms with E-state index >= 15 is 0 Å². The molecule has 0 aromatic rings. The summed E-state index contributed by atoms with van der Waals surface area (Å²) in [5, 5.41) is 0. The van der Waals surface area contributed by atoms with Crippen LogP contribution in [0.3, 0.4) is 0 Å². The van der Waals surface area contributed by atoms with Gasteiger partial charge >= 0.3 is 0 Å². The van der Waals surface area contributed by atoms with Crippen molar-refractivity contribution >= 4 is 0 Å². The molecule has 0 nitrogen and oxygen atoms in total. The summed E-state index contributed by atoms with van der Waals surface area (Å²) in [5.41, 5.74) is 1.69. The van der Waals surface area contributed by atoms with Crippen LogP contribution in [0.4, 0.5) is 0 Å². The molecular formula is C21H38. The van der Waals surface area contributed by atoms with E-state index in [9.17, 15) is 0 Å². The molecule has 21 heavy (non-hydrogen) atoms. The number of hydrogen-bond acceptors (Lipinski definition) is 0. The lowest BCUT2D eigenvalue weighted by molar-refractivity contribution is 0.276. The first-order valence-corrected chi connectivity index (χ1v) is 9.84. The van der Waals surface area contributed by atoms with E-state index in [2.05, 4.69) is 26.8 Å². The molecule has 0 N–H and O–H groups in total. The Labute approximate surface area is 133 Å². The summed E-state index contributed by atoms with van der Waals surface area (Å²) in [6, 6.07) is 0. The highest BCUT2D eigenvalue weighted by Gasteiger charge is 2.20. The van der Waals surface area contributed by atoms with Crippen LogP contribution in [0, 0.1) is 23.7 Å². The maximum atomic E-state index is 2.65. The van der Waals surface area contributed by atoms with E-state index in [0.717, 1.165) is 23.7 Å². The largest absolute Gasteiger partial charge is 0.0825 e. The highest BCUT2D eigenvalue weighted by molar-refractivity contribution is 5.02. The predicted molar refractivity (Wildman–Crippen MR) is 94.5 cm³/mol. The molecule has 0 aromatic heterocycles. The van der Waals surface area contributed by atoms with Crippen LogP contribution in [0.5, 0.6) is 0 Å². The van der Waals surface area contributed by atoms with E-state index in [0.29, 0.717) is 0 Å². The van der Waals surface area contributed by atoms with Crippen LogP contribution in [0.25, 0.3) is 0 Å². The van der Waals surface area contributed by atoms with Gasteiger partial charge in [0, 0.05) is 0 Å². The summed E-state index contributed by atoms with van der Waals surface area (Å²) in [7, 11) is 0. The van der Waals surface area contributed by atoms with Gasteiger partial charge in [0.05, 0.1) is 0 Å². The summed E-state index contributed by atoms with van der Waals surface area (Å²) in [6.45, 7) is 7.15. The van der Waals surface area contributed by atoms with Gasteiger partial charge in [0.15, 0.2) is 0 Å². The van der Waals surface area contributed by atoms with Crippen LogP contribution in [0.15, 0.2) is 11.6 Å². The van der Waals surface area contributed by atoms with Crippen molar-refractivity contribution in [3.63, 3.8) is 0 Å². The van der Waals surface area contributed by atoms with Gasteiger partial charge in [-0.1, -0.05) is 64.0 Å².